The first-order chi connectivity index (χ1) is 7.15. The average molecular weight is 204 g/mol. The van der Waals surface area contributed by atoms with Gasteiger partial charge >= 0.3 is 0 Å². The lowest BCUT2D eigenvalue weighted by Crippen LogP contribution is -2.18. The van der Waals surface area contributed by atoms with Crippen molar-refractivity contribution in [1.82, 2.24) is 4.90 Å². The molecule has 0 spiro atoms. The summed E-state index contributed by atoms with van der Waals surface area (Å²) in [4.78, 5) is 12.9. The molecule has 3 heteroatoms. The first kappa shape index (κ1) is 11.5. The molecule has 0 unspecified atom stereocenters. The van der Waals surface area contributed by atoms with Crippen molar-refractivity contribution < 1.29 is 4.79 Å². The van der Waals surface area contributed by atoms with E-state index >= 15 is 0 Å². The molecule has 15 heavy (non-hydrogen) atoms. The highest BCUT2D eigenvalue weighted by molar-refractivity contribution is 5.91. The van der Waals surface area contributed by atoms with E-state index in [2.05, 4.69) is 0 Å². The lowest BCUT2D eigenvalue weighted by atomic mass is 10.1. The molecule has 0 fully saturated rings. The van der Waals surface area contributed by atoms with Gasteiger partial charge in [0.2, 0.25) is 5.91 Å². The third-order valence-electron chi connectivity index (χ3n) is 2.12. The van der Waals surface area contributed by atoms with E-state index in [0.29, 0.717) is 6.54 Å². The molecule has 0 bridgehead atoms. The van der Waals surface area contributed by atoms with Crippen LogP contribution in [0.15, 0.2) is 30.3 Å². The van der Waals surface area contributed by atoms with Crippen LogP contribution in [0.4, 0.5) is 0 Å². The van der Waals surface area contributed by atoms with Gasteiger partial charge in [0.05, 0.1) is 0 Å². The second kappa shape index (κ2) is 5.32. The molecule has 0 heterocycles. The summed E-state index contributed by atoms with van der Waals surface area (Å²) in [6.45, 7) is 0.483. The molecule has 0 aliphatic heterocycles. The number of rotatable bonds is 3. The van der Waals surface area contributed by atoms with Gasteiger partial charge in [0, 0.05) is 26.7 Å². The van der Waals surface area contributed by atoms with E-state index in [-0.39, 0.29) is 5.91 Å². The molecule has 1 amide bonds. The SMILES string of the molecule is CN(C)C(=O)/C=C/c1ccccc1CN. The van der Waals surface area contributed by atoms with E-state index in [9.17, 15) is 4.79 Å². The van der Waals surface area contributed by atoms with Crippen LogP contribution in [0.1, 0.15) is 11.1 Å². The van der Waals surface area contributed by atoms with Gasteiger partial charge in [-0.1, -0.05) is 24.3 Å². The Hall–Kier alpha value is -1.61. The van der Waals surface area contributed by atoms with Gasteiger partial charge in [-0.2, -0.15) is 0 Å². The van der Waals surface area contributed by atoms with E-state index < -0.39 is 0 Å². The molecule has 1 rings (SSSR count). The minimum atomic E-state index is -0.0261. The van der Waals surface area contributed by atoms with Crippen molar-refractivity contribution in [3.63, 3.8) is 0 Å². The zero-order chi connectivity index (χ0) is 11.3. The normalized spacial score (nSPS) is 10.6. The number of nitrogens with zero attached hydrogens (tertiary/aromatic N) is 1. The van der Waals surface area contributed by atoms with Crippen LogP contribution in [0, 0.1) is 0 Å². The Labute approximate surface area is 90.2 Å². The Kier molecular flexibility index (Phi) is 4.06. The van der Waals surface area contributed by atoms with Gasteiger partial charge in [0.25, 0.3) is 0 Å². The van der Waals surface area contributed by atoms with Crippen LogP contribution < -0.4 is 5.73 Å². The first-order valence-corrected chi connectivity index (χ1v) is 4.82. The van der Waals surface area contributed by atoms with Crippen molar-refractivity contribution >= 4 is 12.0 Å². The Morgan fingerprint density at radius 3 is 2.67 bits per heavy atom. The quantitative estimate of drug-likeness (QED) is 0.753. The molecular formula is C12H16N2O. The van der Waals surface area contributed by atoms with Crippen molar-refractivity contribution in [2.75, 3.05) is 14.1 Å². The Bertz CT molecular complexity index is 370. The van der Waals surface area contributed by atoms with Crippen LogP contribution >= 0.6 is 0 Å². The first-order valence-electron chi connectivity index (χ1n) is 4.82. The maximum atomic E-state index is 11.3. The Morgan fingerprint density at radius 2 is 2.07 bits per heavy atom. The van der Waals surface area contributed by atoms with Crippen molar-refractivity contribution in [3.05, 3.63) is 41.5 Å². The van der Waals surface area contributed by atoms with Crippen LogP contribution in [0.25, 0.3) is 6.08 Å². The van der Waals surface area contributed by atoms with E-state index in [1.165, 1.54) is 4.90 Å². The molecule has 0 aromatic heterocycles. The van der Waals surface area contributed by atoms with E-state index in [1.807, 2.05) is 24.3 Å². The summed E-state index contributed by atoms with van der Waals surface area (Å²) in [5.41, 5.74) is 7.63. The van der Waals surface area contributed by atoms with Crippen molar-refractivity contribution in [3.8, 4) is 0 Å². The van der Waals surface area contributed by atoms with Crippen LogP contribution in [-0.4, -0.2) is 24.9 Å². The van der Waals surface area contributed by atoms with Gasteiger partial charge in [-0.15, -0.1) is 0 Å². The summed E-state index contributed by atoms with van der Waals surface area (Å²) >= 11 is 0. The van der Waals surface area contributed by atoms with Crippen LogP contribution in [0.3, 0.4) is 0 Å². The van der Waals surface area contributed by atoms with E-state index in [0.717, 1.165) is 11.1 Å². The van der Waals surface area contributed by atoms with Crippen LogP contribution in [0.2, 0.25) is 0 Å². The number of amides is 1. The lowest BCUT2D eigenvalue weighted by molar-refractivity contribution is -0.123. The summed E-state index contributed by atoms with van der Waals surface area (Å²) in [6.07, 6.45) is 3.35. The lowest BCUT2D eigenvalue weighted by Gasteiger charge is -2.06. The summed E-state index contributed by atoms with van der Waals surface area (Å²) in [7, 11) is 3.45. The fraction of sp³-hybridized carbons (Fsp3) is 0.250. The highest BCUT2D eigenvalue weighted by atomic mass is 16.2. The second-order valence-electron chi connectivity index (χ2n) is 3.47. The maximum Gasteiger partial charge on any atom is 0.246 e. The van der Waals surface area contributed by atoms with Crippen molar-refractivity contribution in [2.24, 2.45) is 5.73 Å². The molecule has 0 atom stereocenters. The predicted octanol–water partition coefficient (Wildman–Crippen LogP) is 1.25. The van der Waals surface area contributed by atoms with Crippen molar-refractivity contribution in [2.45, 2.75) is 6.54 Å². The van der Waals surface area contributed by atoms with Gasteiger partial charge in [-0.3, -0.25) is 4.79 Å². The minimum absolute atomic E-state index is 0.0261. The molecule has 0 saturated carbocycles. The highest BCUT2D eigenvalue weighted by Gasteiger charge is 1.99. The number of likely N-dealkylation sites (N-methyl/N-ethyl adjacent to an activating group) is 1. The number of nitrogens with two attached hydrogens (primary N) is 1. The van der Waals surface area contributed by atoms with Gasteiger partial charge in [0.15, 0.2) is 0 Å². The second-order valence-corrected chi connectivity index (χ2v) is 3.47. The summed E-state index contributed by atoms with van der Waals surface area (Å²) in [5.74, 6) is -0.0261. The minimum Gasteiger partial charge on any atom is -0.345 e. The molecule has 80 valence electrons. The molecule has 1 aromatic carbocycles. The zero-order valence-electron chi connectivity index (χ0n) is 9.10. The van der Waals surface area contributed by atoms with E-state index in [1.54, 1.807) is 26.2 Å². The topological polar surface area (TPSA) is 46.3 Å². The molecule has 3 nitrogen and oxygen atoms in total. The fourth-order valence-corrected chi connectivity index (χ4v) is 1.19. The number of benzene rings is 1. The summed E-state index contributed by atoms with van der Waals surface area (Å²) < 4.78 is 0. The molecule has 0 radical (unpaired) electrons. The Balaban J connectivity index is 2.84. The number of carbonyl (C=O) groups excluding carboxylic acids is 1. The third-order valence-corrected chi connectivity index (χ3v) is 2.12. The summed E-state index contributed by atoms with van der Waals surface area (Å²) in [6, 6.07) is 7.77. The summed E-state index contributed by atoms with van der Waals surface area (Å²) in [5, 5.41) is 0. The number of carbonyl (C=O) groups is 1. The molecule has 2 N–H and O–H groups in total. The molecule has 0 saturated heterocycles. The van der Waals surface area contributed by atoms with Gasteiger partial charge in [-0.25, -0.2) is 0 Å². The van der Waals surface area contributed by atoms with Crippen LogP contribution in [0.5, 0.6) is 0 Å². The Morgan fingerprint density at radius 1 is 1.40 bits per heavy atom. The standard InChI is InChI=1S/C12H16N2O/c1-14(2)12(15)8-7-10-5-3-4-6-11(10)9-13/h3-8H,9,13H2,1-2H3/b8-7+. The van der Waals surface area contributed by atoms with Crippen LogP contribution in [-0.2, 0) is 11.3 Å². The zero-order valence-corrected chi connectivity index (χ0v) is 9.10. The number of hydrogen-bond donors (Lipinski definition) is 1. The average Bonchev–Trinajstić information content (AvgIpc) is 2.26. The smallest absolute Gasteiger partial charge is 0.246 e. The largest absolute Gasteiger partial charge is 0.345 e. The highest BCUT2D eigenvalue weighted by Crippen LogP contribution is 2.09. The molecule has 0 aliphatic carbocycles. The molecule has 1 aromatic rings. The molecule has 0 aliphatic rings. The van der Waals surface area contributed by atoms with Gasteiger partial charge in [-0.05, 0) is 17.2 Å². The van der Waals surface area contributed by atoms with E-state index in [4.69, 9.17) is 5.73 Å². The van der Waals surface area contributed by atoms with Gasteiger partial charge < -0.3 is 10.6 Å². The van der Waals surface area contributed by atoms with Gasteiger partial charge in [0.1, 0.15) is 0 Å². The predicted molar refractivity (Wildman–Crippen MR) is 62.1 cm³/mol. The third kappa shape index (κ3) is 3.22. The monoisotopic (exact) mass is 204 g/mol. The fourth-order valence-electron chi connectivity index (χ4n) is 1.19. The maximum absolute atomic E-state index is 11.3. The number of hydrogen-bond acceptors (Lipinski definition) is 2. The van der Waals surface area contributed by atoms with Crippen molar-refractivity contribution in [1.29, 1.82) is 0 Å². The molecular weight excluding hydrogens is 188 g/mol.